The van der Waals surface area contributed by atoms with E-state index in [1.54, 1.807) is 6.92 Å². The van der Waals surface area contributed by atoms with Crippen molar-refractivity contribution >= 4 is 11.9 Å². The zero-order chi connectivity index (χ0) is 13.6. The second-order valence-electron chi connectivity index (χ2n) is 5.46. The second kappa shape index (κ2) is 6.73. The van der Waals surface area contributed by atoms with Crippen LogP contribution in [0.15, 0.2) is 0 Å². The van der Waals surface area contributed by atoms with Crippen molar-refractivity contribution in [2.75, 3.05) is 6.61 Å². The maximum absolute atomic E-state index is 11.9. The molecule has 1 aliphatic carbocycles. The first-order valence-electron chi connectivity index (χ1n) is 6.59. The highest BCUT2D eigenvalue weighted by Crippen LogP contribution is 2.42. The number of carboxylic acids is 1. The normalized spacial score (nSPS) is 20.1. The SMILES string of the molecule is C[C@@H](CO)NC(=O)CC1(CC(=O)O)CCCCC1. The summed E-state index contributed by atoms with van der Waals surface area (Å²) in [6.45, 7) is 1.63. The lowest BCUT2D eigenvalue weighted by Gasteiger charge is -2.35. The number of aliphatic carboxylic acids is 1. The molecule has 1 amide bonds. The van der Waals surface area contributed by atoms with Crippen molar-refractivity contribution in [1.29, 1.82) is 0 Å². The molecule has 0 unspecified atom stereocenters. The molecule has 0 saturated heterocycles. The van der Waals surface area contributed by atoms with Crippen molar-refractivity contribution < 1.29 is 19.8 Å². The minimum absolute atomic E-state index is 0.0634. The highest BCUT2D eigenvalue weighted by Gasteiger charge is 2.36. The fourth-order valence-electron chi connectivity index (χ4n) is 2.75. The maximum Gasteiger partial charge on any atom is 0.303 e. The Bertz CT molecular complexity index is 297. The molecule has 5 heteroatoms. The molecule has 1 aliphatic rings. The third kappa shape index (κ3) is 4.64. The number of aliphatic hydroxyl groups excluding tert-OH is 1. The molecule has 0 aliphatic heterocycles. The van der Waals surface area contributed by atoms with Gasteiger partial charge in [-0.3, -0.25) is 9.59 Å². The number of aliphatic hydroxyl groups is 1. The van der Waals surface area contributed by atoms with Crippen LogP contribution in [0.5, 0.6) is 0 Å². The molecular weight excluding hydrogens is 234 g/mol. The van der Waals surface area contributed by atoms with Crippen LogP contribution < -0.4 is 5.32 Å². The Kier molecular flexibility index (Phi) is 5.59. The summed E-state index contributed by atoms with van der Waals surface area (Å²) in [7, 11) is 0. The summed E-state index contributed by atoms with van der Waals surface area (Å²) in [5.74, 6) is -0.986. The molecule has 0 aromatic heterocycles. The molecule has 0 heterocycles. The van der Waals surface area contributed by atoms with Crippen LogP contribution >= 0.6 is 0 Å². The predicted octanol–water partition coefficient (Wildman–Crippen LogP) is 1.30. The molecule has 0 spiro atoms. The summed E-state index contributed by atoms with van der Waals surface area (Å²) in [5, 5.41) is 20.6. The van der Waals surface area contributed by atoms with Crippen molar-refractivity contribution in [1.82, 2.24) is 5.32 Å². The molecule has 18 heavy (non-hydrogen) atoms. The van der Waals surface area contributed by atoms with Crippen molar-refractivity contribution in [3.8, 4) is 0 Å². The number of hydrogen-bond acceptors (Lipinski definition) is 3. The van der Waals surface area contributed by atoms with E-state index in [0.717, 1.165) is 32.1 Å². The van der Waals surface area contributed by atoms with Gasteiger partial charge in [0.2, 0.25) is 5.91 Å². The van der Waals surface area contributed by atoms with Gasteiger partial charge in [-0.15, -0.1) is 0 Å². The number of carboxylic acid groups (broad SMARTS) is 1. The third-order valence-corrected chi connectivity index (χ3v) is 3.66. The van der Waals surface area contributed by atoms with Crippen molar-refractivity contribution in [3.63, 3.8) is 0 Å². The Morgan fingerprint density at radius 3 is 2.33 bits per heavy atom. The minimum atomic E-state index is -0.833. The summed E-state index contributed by atoms with van der Waals surface area (Å²) in [5.41, 5.74) is -0.386. The number of hydrogen-bond donors (Lipinski definition) is 3. The van der Waals surface area contributed by atoms with Crippen molar-refractivity contribution in [2.45, 2.75) is 57.9 Å². The quantitative estimate of drug-likeness (QED) is 0.669. The molecule has 0 radical (unpaired) electrons. The number of amides is 1. The summed E-state index contributed by atoms with van der Waals surface area (Å²) >= 11 is 0. The zero-order valence-corrected chi connectivity index (χ0v) is 10.9. The summed E-state index contributed by atoms with van der Waals surface area (Å²) < 4.78 is 0. The van der Waals surface area contributed by atoms with E-state index < -0.39 is 5.97 Å². The van der Waals surface area contributed by atoms with Gasteiger partial charge in [0, 0.05) is 12.5 Å². The van der Waals surface area contributed by atoms with Crippen molar-refractivity contribution in [2.24, 2.45) is 5.41 Å². The topological polar surface area (TPSA) is 86.6 Å². The Balaban J connectivity index is 2.60. The second-order valence-corrected chi connectivity index (χ2v) is 5.46. The number of nitrogens with one attached hydrogen (secondary N) is 1. The van der Waals surface area contributed by atoms with Crippen LogP contribution in [0.3, 0.4) is 0 Å². The molecule has 0 bridgehead atoms. The van der Waals surface area contributed by atoms with Gasteiger partial charge in [0.15, 0.2) is 0 Å². The third-order valence-electron chi connectivity index (χ3n) is 3.66. The van der Waals surface area contributed by atoms with Gasteiger partial charge in [-0.25, -0.2) is 0 Å². The van der Waals surface area contributed by atoms with E-state index in [1.807, 2.05) is 0 Å². The van der Waals surface area contributed by atoms with Gasteiger partial charge in [0.05, 0.1) is 13.0 Å². The molecule has 1 saturated carbocycles. The first-order valence-corrected chi connectivity index (χ1v) is 6.59. The minimum Gasteiger partial charge on any atom is -0.481 e. The smallest absolute Gasteiger partial charge is 0.303 e. The number of carbonyl (C=O) groups is 2. The van der Waals surface area contributed by atoms with Gasteiger partial charge in [-0.2, -0.15) is 0 Å². The van der Waals surface area contributed by atoms with Gasteiger partial charge in [0.25, 0.3) is 0 Å². The predicted molar refractivity (Wildman–Crippen MR) is 67.1 cm³/mol. The molecule has 1 rings (SSSR count). The fraction of sp³-hybridized carbons (Fsp3) is 0.846. The monoisotopic (exact) mass is 257 g/mol. The molecular formula is C13H23NO4. The average molecular weight is 257 g/mol. The Hall–Kier alpha value is -1.10. The first kappa shape index (κ1) is 15.0. The van der Waals surface area contributed by atoms with Crippen LogP contribution in [-0.4, -0.2) is 34.7 Å². The molecule has 5 nitrogen and oxygen atoms in total. The molecule has 0 aromatic rings. The molecule has 1 atom stereocenters. The maximum atomic E-state index is 11.9. The van der Waals surface area contributed by atoms with Crippen LogP contribution in [0.25, 0.3) is 0 Å². The summed E-state index contributed by atoms with van der Waals surface area (Å²) in [6.07, 6.45) is 5.04. The molecule has 3 N–H and O–H groups in total. The Morgan fingerprint density at radius 1 is 1.22 bits per heavy atom. The van der Waals surface area contributed by atoms with E-state index in [9.17, 15) is 9.59 Å². The Labute approximate surface area is 108 Å². The van der Waals surface area contributed by atoms with E-state index >= 15 is 0 Å². The van der Waals surface area contributed by atoms with Crippen LogP contribution in [0.2, 0.25) is 0 Å². The standard InChI is InChI=1S/C13H23NO4/c1-10(9-15)14-11(16)7-13(8-12(17)18)5-3-2-4-6-13/h10,15H,2-9H2,1H3,(H,14,16)(H,17,18)/t10-/m0/s1. The summed E-state index contributed by atoms with van der Waals surface area (Å²) in [6, 6.07) is -0.275. The summed E-state index contributed by atoms with van der Waals surface area (Å²) in [4.78, 5) is 22.8. The lowest BCUT2D eigenvalue weighted by molar-refractivity contribution is -0.141. The van der Waals surface area contributed by atoms with E-state index in [1.165, 1.54) is 0 Å². The van der Waals surface area contributed by atoms with Crippen LogP contribution in [0.1, 0.15) is 51.9 Å². The average Bonchev–Trinajstić information content (AvgIpc) is 2.28. The van der Waals surface area contributed by atoms with Crippen LogP contribution in [0, 0.1) is 5.41 Å². The lowest BCUT2D eigenvalue weighted by atomic mass is 9.69. The largest absolute Gasteiger partial charge is 0.481 e. The van der Waals surface area contributed by atoms with Crippen LogP contribution in [-0.2, 0) is 9.59 Å². The van der Waals surface area contributed by atoms with E-state index in [2.05, 4.69) is 5.32 Å². The van der Waals surface area contributed by atoms with Gasteiger partial charge < -0.3 is 15.5 Å². The number of carbonyl (C=O) groups excluding carboxylic acids is 1. The van der Waals surface area contributed by atoms with Crippen molar-refractivity contribution in [3.05, 3.63) is 0 Å². The van der Waals surface area contributed by atoms with Gasteiger partial charge in [0.1, 0.15) is 0 Å². The van der Waals surface area contributed by atoms with E-state index in [4.69, 9.17) is 10.2 Å². The van der Waals surface area contributed by atoms with Gasteiger partial charge in [-0.05, 0) is 25.2 Å². The molecule has 0 aromatic carbocycles. The Morgan fingerprint density at radius 2 is 1.83 bits per heavy atom. The van der Waals surface area contributed by atoms with Gasteiger partial charge in [-0.1, -0.05) is 19.3 Å². The zero-order valence-electron chi connectivity index (χ0n) is 10.9. The van der Waals surface area contributed by atoms with E-state index in [-0.39, 0.29) is 36.8 Å². The van der Waals surface area contributed by atoms with Crippen LogP contribution in [0.4, 0.5) is 0 Å². The van der Waals surface area contributed by atoms with E-state index in [0.29, 0.717) is 0 Å². The fourth-order valence-corrected chi connectivity index (χ4v) is 2.75. The molecule has 1 fully saturated rings. The molecule has 104 valence electrons. The first-order chi connectivity index (χ1) is 8.47. The lowest BCUT2D eigenvalue weighted by Crippen LogP contribution is -2.40. The number of rotatable bonds is 6. The highest BCUT2D eigenvalue weighted by atomic mass is 16.4. The highest BCUT2D eigenvalue weighted by molar-refractivity contribution is 5.78. The van der Waals surface area contributed by atoms with Gasteiger partial charge >= 0.3 is 5.97 Å².